The van der Waals surface area contributed by atoms with Crippen molar-refractivity contribution in [3.8, 4) is 5.75 Å². The van der Waals surface area contributed by atoms with Crippen LogP contribution in [0.1, 0.15) is 6.92 Å². The SMILES string of the molecule is COC(=O)C(C)COc1cc(Cl)cc(Cl)c1. The van der Waals surface area contributed by atoms with Crippen LogP contribution < -0.4 is 4.74 Å². The lowest BCUT2D eigenvalue weighted by Crippen LogP contribution is -2.19. The minimum Gasteiger partial charge on any atom is -0.493 e. The van der Waals surface area contributed by atoms with Crippen LogP contribution in [0.25, 0.3) is 0 Å². The monoisotopic (exact) mass is 262 g/mol. The van der Waals surface area contributed by atoms with Crippen LogP contribution in [0.15, 0.2) is 18.2 Å². The first-order valence-corrected chi connectivity index (χ1v) is 5.45. The first-order chi connectivity index (χ1) is 7.52. The summed E-state index contributed by atoms with van der Waals surface area (Å²) >= 11 is 11.6. The van der Waals surface area contributed by atoms with Gasteiger partial charge in [-0.3, -0.25) is 4.79 Å². The minimum atomic E-state index is -0.331. The molecule has 1 atom stereocenters. The maximum Gasteiger partial charge on any atom is 0.311 e. The van der Waals surface area contributed by atoms with Gasteiger partial charge in [0.1, 0.15) is 12.4 Å². The van der Waals surface area contributed by atoms with Gasteiger partial charge < -0.3 is 9.47 Å². The lowest BCUT2D eigenvalue weighted by molar-refractivity contribution is -0.145. The number of ether oxygens (including phenoxy) is 2. The molecule has 0 amide bonds. The van der Waals surface area contributed by atoms with Gasteiger partial charge in [0, 0.05) is 10.0 Å². The summed E-state index contributed by atoms with van der Waals surface area (Å²) in [7, 11) is 1.34. The highest BCUT2D eigenvalue weighted by Gasteiger charge is 2.13. The smallest absolute Gasteiger partial charge is 0.311 e. The molecule has 16 heavy (non-hydrogen) atoms. The Morgan fingerprint density at radius 3 is 2.38 bits per heavy atom. The fourth-order valence-corrected chi connectivity index (χ4v) is 1.61. The Bertz CT molecular complexity index is 359. The zero-order valence-corrected chi connectivity index (χ0v) is 10.5. The summed E-state index contributed by atoms with van der Waals surface area (Å²) in [6.07, 6.45) is 0. The molecule has 0 aromatic heterocycles. The molecule has 5 heteroatoms. The Labute approximate surface area is 104 Å². The standard InChI is InChI=1S/C11H12Cl2O3/c1-7(11(14)15-2)6-16-10-4-8(12)3-9(13)5-10/h3-5,7H,6H2,1-2H3. The minimum absolute atomic E-state index is 0.226. The fourth-order valence-electron chi connectivity index (χ4n) is 1.10. The van der Waals surface area contributed by atoms with Crippen LogP contribution >= 0.6 is 23.2 Å². The number of carbonyl (C=O) groups is 1. The zero-order valence-electron chi connectivity index (χ0n) is 9.00. The highest BCUT2D eigenvalue weighted by Crippen LogP contribution is 2.24. The summed E-state index contributed by atoms with van der Waals surface area (Å²) in [5, 5.41) is 0.987. The Morgan fingerprint density at radius 1 is 1.31 bits per heavy atom. The molecule has 0 aliphatic rings. The number of benzene rings is 1. The Kier molecular flexibility index (Phi) is 4.90. The quantitative estimate of drug-likeness (QED) is 0.782. The molecule has 0 heterocycles. The van der Waals surface area contributed by atoms with Crippen molar-refractivity contribution in [1.29, 1.82) is 0 Å². The molecule has 1 aromatic carbocycles. The van der Waals surface area contributed by atoms with Gasteiger partial charge in [0.2, 0.25) is 0 Å². The van der Waals surface area contributed by atoms with Gasteiger partial charge in [-0.15, -0.1) is 0 Å². The molecule has 1 unspecified atom stereocenters. The molecule has 1 rings (SSSR count). The number of hydrogen-bond donors (Lipinski definition) is 0. The van der Waals surface area contributed by atoms with Gasteiger partial charge in [-0.1, -0.05) is 23.2 Å². The van der Waals surface area contributed by atoms with Crippen molar-refractivity contribution in [1.82, 2.24) is 0 Å². The highest BCUT2D eigenvalue weighted by atomic mass is 35.5. The third-order valence-corrected chi connectivity index (χ3v) is 2.38. The molecule has 0 spiro atoms. The van der Waals surface area contributed by atoms with Gasteiger partial charge >= 0.3 is 5.97 Å². The van der Waals surface area contributed by atoms with Crippen LogP contribution in [0.2, 0.25) is 10.0 Å². The molecule has 0 fully saturated rings. The Balaban J connectivity index is 2.57. The molecule has 0 saturated carbocycles. The van der Waals surface area contributed by atoms with Crippen LogP contribution in [-0.4, -0.2) is 19.7 Å². The zero-order chi connectivity index (χ0) is 12.1. The average Bonchev–Trinajstić information content (AvgIpc) is 2.23. The van der Waals surface area contributed by atoms with E-state index in [2.05, 4.69) is 4.74 Å². The highest BCUT2D eigenvalue weighted by molar-refractivity contribution is 6.34. The van der Waals surface area contributed by atoms with Crippen LogP contribution in [-0.2, 0) is 9.53 Å². The van der Waals surface area contributed by atoms with Crippen LogP contribution in [0, 0.1) is 5.92 Å². The molecular weight excluding hydrogens is 251 g/mol. The topological polar surface area (TPSA) is 35.5 Å². The van der Waals surface area contributed by atoms with Crippen molar-refractivity contribution in [2.24, 2.45) is 5.92 Å². The number of rotatable bonds is 4. The molecule has 0 aliphatic heterocycles. The van der Waals surface area contributed by atoms with E-state index in [1.807, 2.05) is 0 Å². The van der Waals surface area contributed by atoms with E-state index >= 15 is 0 Å². The van der Waals surface area contributed by atoms with Crippen molar-refractivity contribution >= 4 is 29.2 Å². The van der Waals surface area contributed by atoms with E-state index in [0.717, 1.165) is 0 Å². The molecule has 0 saturated heterocycles. The predicted octanol–water partition coefficient (Wildman–Crippen LogP) is 3.18. The van der Waals surface area contributed by atoms with Gasteiger partial charge in [-0.2, -0.15) is 0 Å². The molecule has 1 aromatic rings. The summed E-state index contributed by atoms with van der Waals surface area (Å²) in [5.41, 5.74) is 0. The number of esters is 1. The third-order valence-electron chi connectivity index (χ3n) is 1.94. The van der Waals surface area contributed by atoms with Crippen LogP contribution in [0.5, 0.6) is 5.75 Å². The molecule has 0 radical (unpaired) electrons. The number of methoxy groups -OCH3 is 1. The third kappa shape index (κ3) is 3.91. The van der Waals surface area contributed by atoms with Gasteiger partial charge in [-0.05, 0) is 25.1 Å². The molecule has 0 N–H and O–H groups in total. The van der Waals surface area contributed by atoms with E-state index in [1.54, 1.807) is 25.1 Å². The number of halogens is 2. The lowest BCUT2D eigenvalue weighted by Gasteiger charge is -2.11. The maximum absolute atomic E-state index is 11.1. The summed E-state index contributed by atoms with van der Waals surface area (Å²) in [4.78, 5) is 11.1. The first-order valence-electron chi connectivity index (χ1n) is 4.69. The second-order valence-corrected chi connectivity index (χ2v) is 4.21. The van der Waals surface area contributed by atoms with Crippen molar-refractivity contribution < 1.29 is 14.3 Å². The Hall–Kier alpha value is -0.930. The summed E-state index contributed by atoms with van der Waals surface area (Å²) in [6.45, 7) is 1.95. The van der Waals surface area contributed by atoms with Crippen molar-refractivity contribution in [3.05, 3.63) is 28.2 Å². The average molecular weight is 263 g/mol. The van der Waals surface area contributed by atoms with Gasteiger partial charge in [-0.25, -0.2) is 0 Å². The van der Waals surface area contributed by atoms with Crippen LogP contribution in [0.3, 0.4) is 0 Å². The lowest BCUT2D eigenvalue weighted by atomic mass is 10.2. The van der Waals surface area contributed by atoms with E-state index in [9.17, 15) is 4.79 Å². The van der Waals surface area contributed by atoms with Gasteiger partial charge in [0.05, 0.1) is 13.0 Å². The summed E-state index contributed by atoms with van der Waals surface area (Å²) in [6, 6.07) is 4.88. The van der Waals surface area contributed by atoms with Crippen molar-refractivity contribution in [3.63, 3.8) is 0 Å². The van der Waals surface area contributed by atoms with E-state index in [0.29, 0.717) is 15.8 Å². The second-order valence-electron chi connectivity index (χ2n) is 3.34. The largest absolute Gasteiger partial charge is 0.493 e. The first kappa shape index (κ1) is 13.1. The van der Waals surface area contributed by atoms with Crippen molar-refractivity contribution in [2.45, 2.75) is 6.92 Å². The second kappa shape index (κ2) is 5.97. The number of carbonyl (C=O) groups excluding carboxylic acids is 1. The van der Waals surface area contributed by atoms with E-state index in [1.165, 1.54) is 7.11 Å². The molecule has 88 valence electrons. The van der Waals surface area contributed by atoms with Crippen molar-refractivity contribution in [2.75, 3.05) is 13.7 Å². The van der Waals surface area contributed by atoms with E-state index < -0.39 is 0 Å². The van der Waals surface area contributed by atoms with E-state index in [-0.39, 0.29) is 18.5 Å². The summed E-state index contributed by atoms with van der Waals surface area (Å²) < 4.78 is 9.96. The maximum atomic E-state index is 11.1. The molecule has 3 nitrogen and oxygen atoms in total. The summed E-state index contributed by atoms with van der Waals surface area (Å²) in [5.74, 6) is -0.107. The normalized spacial score (nSPS) is 12.0. The fraction of sp³-hybridized carbons (Fsp3) is 0.364. The number of hydrogen-bond acceptors (Lipinski definition) is 3. The molecule has 0 bridgehead atoms. The van der Waals surface area contributed by atoms with Gasteiger partial charge in [0.25, 0.3) is 0 Å². The van der Waals surface area contributed by atoms with Crippen LogP contribution in [0.4, 0.5) is 0 Å². The van der Waals surface area contributed by atoms with E-state index in [4.69, 9.17) is 27.9 Å². The van der Waals surface area contributed by atoms with Gasteiger partial charge in [0.15, 0.2) is 0 Å². The molecule has 0 aliphatic carbocycles. The Morgan fingerprint density at radius 2 is 1.88 bits per heavy atom. The predicted molar refractivity (Wildman–Crippen MR) is 63.1 cm³/mol. The molecular formula is C11H12Cl2O3.